The van der Waals surface area contributed by atoms with Crippen molar-refractivity contribution in [2.24, 2.45) is 0 Å². The first-order valence-corrected chi connectivity index (χ1v) is 9.57. The third-order valence-corrected chi connectivity index (χ3v) is 4.45. The summed E-state index contributed by atoms with van der Waals surface area (Å²) in [6.07, 6.45) is 2.90. The minimum atomic E-state index is 0.0386. The highest BCUT2D eigenvalue weighted by molar-refractivity contribution is 5.78. The van der Waals surface area contributed by atoms with Gasteiger partial charge in [-0.15, -0.1) is 0 Å². The standard InChI is InChI=1S/C23H26N2O2/c1-3-10-17(2)24-20(26)15-16-21-25-22(18-11-6-4-7-12-18)23(27-21)19-13-8-5-9-14-19/h4-9,11-14,17H,3,10,15-16H2,1-2H3,(H,24,26)/t17-/m0/s1. The SMILES string of the molecule is CCC[C@H](C)NC(=O)CCc1nc(-c2ccccc2)c(-c2ccccc2)o1. The summed E-state index contributed by atoms with van der Waals surface area (Å²) in [6, 6.07) is 20.2. The highest BCUT2D eigenvalue weighted by atomic mass is 16.4. The second-order valence-corrected chi connectivity index (χ2v) is 6.77. The van der Waals surface area contributed by atoms with Crippen molar-refractivity contribution in [3.05, 3.63) is 66.6 Å². The molecule has 1 atom stereocenters. The van der Waals surface area contributed by atoms with Crippen LogP contribution in [-0.2, 0) is 11.2 Å². The smallest absolute Gasteiger partial charge is 0.220 e. The molecule has 4 heteroatoms. The van der Waals surface area contributed by atoms with E-state index < -0.39 is 0 Å². The molecule has 140 valence electrons. The number of amides is 1. The van der Waals surface area contributed by atoms with Crippen LogP contribution in [-0.4, -0.2) is 16.9 Å². The highest BCUT2D eigenvalue weighted by Crippen LogP contribution is 2.32. The Morgan fingerprint density at radius 1 is 1.04 bits per heavy atom. The van der Waals surface area contributed by atoms with Gasteiger partial charge in [0.05, 0.1) is 0 Å². The summed E-state index contributed by atoms with van der Waals surface area (Å²) in [4.78, 5) is 16.9. The molecular weight excluding hydrogens is 336 g/mol. The number of hydrogen-bond acceptors (Lipinski definition) is 3. The molecule has 27 heavy (non-hydrogen) atoms. The molecule has 0 aliphatic rings. The molecule has 3 aromatic rings. The predicted molar refractivity (Wildman–Crippen MR) is 108 cm³/mol. The molecule has 1 heterocycles. The molecule has 1 aromatic heterocycles. The average molecular weight is 362 g/mol. The zero-order valence-electron chi connectivity index (χ0n) is 15.9. The monoisotopic (exact) mass is 362 g/mol. The fraction of sp³-hybridized carbons (Fsp3) is 0.304. The molecule has 2 aromatic carbocycles. The maximum absolute atomic E-state index is 12.2. The van der Waals surface area contributed by atoms with Crippen molar-refractivity contribution in [3.8, 4) is 22.6 Å². The Hall–Kier alpha value is -2.88. The number of carbonyl (C=O) groups excluding carboxylic acids is 1. The number of nitrogens with zero attached hydrogens (tertiary/aromatic N) is 1. The van der Waals surface area contributed by atoms with E-state index >= 15 is 0 Å². The third-order valence-electron chi connectivity index (χ3n) is 4.45. The van der Waals surface area contributed by atoms with Gasteiger partial charge in [-0.1, -0.05) is 74.0 Å². The Kier molecular flexibility index (Phi) is 6.42. The summed E-state index contributed by atoms with van der Waals surface area (Å²) < 4.78 is 6.07. The topological polar surface area (TPSA) is 55.1 Å². The number of rotatable bonds is 8. The maximum Gasteiger partial charge on any atom is 0.220 e. The van der Waals surface area contributed by atoms with Gasteiger partial charge in [0.15, 0.2) is 11.7 Å². The summed E-state index contributed by atoms with van der Waals surface area (Å²) in [6.45, 7) is 4.15. The lowest BCUT2D eigenvalue weighted by atomic mass is 10.1. The average Bonchev–Trinajstić information content (AvgIpc) is 3.12. The van der Waals surface area contributed by atoms with Gasteiger partial charge < -0.3 is 9.73 Å². The van der Waals surface area contributed by atoms with Gasteiger partial charge in [-0.05, 0) is 13.3 Å². The second-order valence-electron chi connectivity index (χ2n) is 6.77. The summed E-state index contributed by atoms with van der Waals surface area (Å²) >= 11 is 0. The molecule has 3 rings (SSSR count). The first-order valence-electron chi connectivity index (χ1n) is 9.57. The molecule has 0 aliphatic heterocycles. The van der Waals surface area contributed by atoms with Crippen LogP contribution in [0.4, 0.5) is 0 Å². The molecular formula is C23H26N2O2. The molecule has 0 radical (unpaired) electrons. The minimum absolute atomic E-state index is 0.0386. The fourth-order valence-electron chi connectivity index (χ4n) is 3.12. The van der Waals surface area contributed by atoms with E-state index in [1.165, 1.54) is 0 Å². The second kappa shape index (κ2) is 9.17. The molecule has 0 aliphatic carbocycles. The molecule has 0 bridgehead atoms. The van der Waals surface area contributed by atoms with Gasteiger partial charge >= 0.3 is 0 Å². The van der Waals surface area contributed by atoms with Crippen molar-refractivity contribution in [2.75, 3.05) is 0 Å². The van der Waals surface area contributed by atoms with Crippen molar-refractivity contribution in [1.29, 1.82) is 0 Å². The van der Waals surface area contributed by atoms with E-state index in [9.17, 15) is 4.79 Å². The number of nitrogens with one attached hydrogen (secondary N) is 1. The van der Waals surface area contributed by atoms with Crippen LogP contribution in [0.25, 0.3) is 22.6 Å². The van der Waals surface area contributed by atoms with Gasteiger partial charge in [-0.25, -0.2) is 4.98 Å². The largest absolute Gasteiger partial charge is 0.440 e. The van der Waals surface area contributed by atoms with E-state index in [4.69, 9.17) is 9.40 Å². The van der Waals surface area contributed by atoms with E-state index in [0.29, 0.717) is 18.7 Å². The number of aryl methyl sites for hydroxylation is 1. The Labute approximate surface area is 160 Å². The molecule has 0 saturated carbocycles. The van der Waals surface area contributed by atoms with Crippen LogP contribution in [0.5, 0.6) is 0 Å². The Morgan fingerprint density at radius 3 is 2.30 bits per heavy atom. The van der Waals surface area contributed by atoms with Gasteiger partial charge in [-0.2, -0.15) is 0 Å². The minimum Gasteiger partial charge on any atom is -0.440 e. The quantitative estimate of drug-likeness (QED) is 0.596. The van der Waals surface area contributed by atoms with Gasteiger partial charge in [0, 0.05) is 30.0 Å². The highest BCUT2D eigenvalue weighted by Gasteiger charge is 2.17. The normalized spacial score (nSPS) is 11.9. The van der Waals surface area contributed by atoms with Crippen LogP contribution < -0.4 is 5.32 Å². The summed E-state index contributed by atoms with van der Waals surface area (Å²) in [7, 11) is 0. The molecule has 1 N–H and O–H groups in total. The molecule has 0 spiro atoms. The van der Waals surface area contributed by atoms with Crippen molar-refractivity contribution < 1.29 is 9.21 Å². The van der Waals surface area contributed by atoms with E-state index in [0.717, 1.165) is 35.4 Å². The molecule has 0 saturated heterocycles. The van der Waals surface area contributed by atoms with E-state index in [-0.39, 0.29) is 11.9 Å². The van der Waals surface area contributed by atoms with Crippen LogP contribution in [0.1, 0.15) is 39.0 Å². The number of benzene rings is 2. The van der Waals surface area contributed by atoms with Crippen LogP contribution in [0.2, 0.25) is 0 Å². The van der Waals surface area contributed by atoms with Crippen LogP contribution in [0.3, 0.4) is 0 Å². The van der Waals surface area contributed by atoms with E-state index in [1.807, 2.05) is 67.6 Å². The number of aromatic nitrogens is 1. The summed E-state index contributed by atoms with van der Waals surface area (Å²) in [5.41, 5.74) is 2.81. The van der Waals surface area contributed by atoms with Gasteiger partial charge in [0.2, 0.25) is 5.91 Å². The van der Waals surface area contributed by atoms with Gasteiger partial charge in [0.1, 0.15) is 5.69 Å². The van der Waals surface area contributed by atoms with Crippen molar-refractivity contribution in [2.45, 2.75) is 45.6 Å². The van der Waals surface area contributed by atoms with Crippen molar-refractivity contribution in [3.63, 3.8) is 0 Å². The molecule has 4 nitrogen and oxygen atoms in total. The molecule has 0 unspecified atom stereocenters. The summed E-state index contributed by atoms with van der Waals surface area (Å²) in [5.74, 6) is 1.37. The fourth-order valence-corrected chi connectivity index (χ4v) is 3.12. The molecule has 1 amide bonds. The van der Waals surface area contributed by atoms with Gasteiger partial charge in [-0.3, -0.25) is 4.79 Å². The zero-order chi connectivity index (χ0) is 19.1. The molecule has 0 fully saturated rings. The first-order chi connectivity index (χ1) is 13.2. The Morgan fingerprint density at radius 2 is 1.67 bits per heavy atom. The van der Waals surface area contributed by atoms with E-state index in [1.54, 1.807) is 0 Å². The third kappa shape index (κ3) is 5.07. The lowest BCUT2D eigenvalue weighted by Crippen LogP contribution is -2.32. The maximum atomic E-state index is 12.2. The number of oxazole rings is 1. The Balaban J connectivity index is 1.79. The van der Waals surface area contributed by atoms with Crippen molar-refractivity contribution >= 4 is 5.91 Å². The van der Waals surface area contributed by atoms with Gasteiger partial charge in [0.25, 0.3) is 0 Å². The lowest BCUT2D eigenvalue weighted by Gasteiger charge is -2.11. The first kappa shape index (κ1) is 18.9. The van der Waals surface area contributed by atoms with E-state index in [2.05, 4.69) is 12.2 Å². The number of carbonyl (C=O) groups is 1. The predicted octanol–water partition coefficient (Wildman–Crippen LogP) is 5.25. The van der Waals surface area contributed by atoms with Crippen molar-refractivity contribution in [1.82, 2.24) is 10.3 Å². The van der Waals surface area contributed by atoms with Crippen LogP contribution in [0, 0.1) is 0 Å². The zero-order valence-corrected chi connectivity index (χ0v) is 15.9. The lowest BCUT2D eigenvalue weighted by molar-refractivity contribution is -0.121. The Bertz CT molecular complexity index is 800. The number of hydrogen-bond donors (Lipinski definition) is 1. The van der Waals surface area contributed by atoms with Crippen LogP contribution >= 0.6 is 0 Å². The summed E-state index contributed by atoms with van der Waals surface area (Å²) in [5, 5.41) is 3.03. The van der Waals surface area contributed by atoms with Crippen LogP contribution in [0.15, 0.2) is 65.1 Å².